The van der Waals surface area contributed by atoms with Crippen LogP contribution in [0.4, 0.5) is 0 Å². The fraction of sp³-hybridized carbons (Fsp3) is 0.706. The van der Waals surface area contributed by atoms with Gasteiger partial charge in [0, 0.05) is 30.9 Å². The molecule has 2 heterocycles. The van der Waals surface area contributed by atoms with Crippen LogP contribution in [0.5, 0.6) is 5.88 Å². The van der Waals surface area contributed by atoms with Crippen molar-refractivity contribution in [1.29, 1.82) is 0 Å². The summed E-state index contributed by atoms with van der Waals surface area (Å²) in [5.74, 6) is 1.32. The predicted molar refractivity (Wildman–Crippen MR) is 86.6 cm³/mol. The van der Waals surface area contributed by atoms with E-state index in [0.29, 0.717) is 23.9 Å². The van der Waals surface area contributed by atoms with Crippen LogP contribution in [0.2, 0.25) is 0 Å². The Morgan fingerprint density at radius 2 is 2.19 bits per heavy atom. The molecule has 0 amide bonds. The molecule has 0 bridgehead atoms. The van der Waals surface area contributed by atoms with Crippen LogP contribution in [-0.2, 0) is 0 Å². The van der Waals surface area contributed by atoms with Crippen molar-refractivity contribution in [2.45, 2.75) is 45.2 Å². The second-order valence-corrected chi connectivity index (χ2v) is 6.38. The van der Waals surface area contributed by atoms with Crippen LogP contribution in [0.25, 0.3) is 0 Å². The van der Waals surface area contributed by atoms with E-state index in [0.717, 1.165) is 13.1 Å². The molecule has 1 saturated heterocycles. The first-order chi connectivity index (χ1) is 10.1. The van der Waals surface area contributed by atoms with Gasteiger partial charge in [-0.3, -0.25) is 4.90 Å². The molecule has 2 atom stereocenters. The van der Waals surface area contributed by atoms with Crippen LogP contribution in [0, 0.1) is 5.92 Å². The van der Waals surface area contributed by atoms with Crippen LogP contribution in [0.15, 0.2) is 18.3 Å². The van der Waals surface area contributed by atoms with Crippen molar-refractivity contribution in [1.82, 2.24) is 15.2 Å². The van der Waals surface area contributed by atoms with Crippen molar-refractivity contribution in [3.63, 3.8) is 0 Å². The monoisotopic (exact) mass is 291 g/mol. The third-order valence-corrected chi connectivity index (χ3v) is 4.36. The van der Waals surface area contributed by atoms with E-state index in [4.69, 9.17) is 4.74 Å². The van der Waals surface area contributed by atoms with Crippen molar-refractivity contribution >= 4 is 0 Å². The first-order valence-corrected chi connectivity index (χ1v) is 8.05. The van der Waals surface area contributed by atoms with Gasteiger partial charge in [0.05, 0.1) is 7.11 Å². The van der Waals surface area contributed by atoms with Crippen molar-refractivity contribution in [2.24, 2.45) is 5.92 Å². The fourth-order valence-electron chi connectivity index (χ4n) is 3.24. The van der Waals surface area contributed by atoms with E-state index in [1.165, 1.54) is 24.8 Å². The van der Waals surface area contributed by atoms with Gasteiger partial charge in [-0.25, -0.2) is 4.98 Å². The molecule has 2 rings (SSSR count). The van der Waals surface area contributed by atoms with E-state index < -0.39 is 0 Å². The molecule has 4 nitrogen and oxygen atoms in total. The smallest absolute Gasteiger partial charge is 0.212 e. The van der Waals surface area contributed by atoms with Gasteiger partial charge in [0.1, 0.15) is 0 Å². The third-order valence-electron chi connectivity index (χ3n) is 4.36. The number of hydrogen-bond donors (Lipinski definition) is 1. The van der Waals surface area contributed by atoms with Gasteiger partial charge in [-0.1, -0.05) is 26.3 Å². The third kappa shape index (κ3) is 4.42. The number of hydrogen-bond acceptors (Lipinski definition) is 4. The topological polar surface area (TPSA) is 37.4 Å². The molecule has 1 fully saturated rings. The highest BCUT2D eigenvalue weighted by molar-refractivity contribution is 5.22. The molecular weight excluding hydrogens is 262 g/mol. The Balaban J connectivity index is 2.18. The molecule has 21 heavy (non-hydrogen) atoms. The Morgan fingerprint density at radius 1 is 1.38 bits per heavy atom. The maximum absolute atomic E-state index is 5.18. The zero-order chi connectivity index (χ0) is 15.2. The van der Waals surface area contributed by atoms with Gasteiger partial charge >= 0.3 is 0 Å². The highest BCUT2D eigenvalue weighted by atomic mass is 16.5. The minimum absolute atomic E-state index is 0.442. The molecule has 1 aliphatic rings. The van der Waals surface area contributed by atoms with Crippen LogP contribution in [0.3, 0.4) is 0 Å². The molecule has 118 valence electrons. The Bertz CT molecular complexity index is 419. The van der Waals surface area contributed by atoms with Gasteiger partial charge in [0.15, 0.2) is 0 Å². The summed E-state index contributed by atoms with van der Waals surface area (Å²) in [7, 11) is 3.90. The molecule has 0 radical (unpaired) electrons. The van der Waals surface area contributed by atoms with E-state index in [1.807, 2.05) is 12.3 Å². The lowest BCUT2D eigenvalue weighted by atomic mass is 9.90. The minimum Gasteiger partial charge on any atom is -0.481 e. The maximum Gasteiger partial charge on any atom is 0.212 e. The number of nitrogens with one attached hydrogen (secondary N) is 1. The summed E-state index contributed by atoms with van der Waals surface area (Å²) >= 11 is 0. The second-order valence-electron chi connectivity index (χ2n) is 6.38. The van der Waals surface area contributed by atoms with Gasteiger partial charge < -0.3 is 10.1 Å². The molecule has 1 N–H and O–H groups in total. The Morgan fingerprint density at radius 3 is 2.81 bits per heavy atom. The summed E-state index contributed by atoms with van der Waals surface area (Å²) in [6.07, 6.45) is 5.86. The van der Waals surface area contributed by atoms with Crippen molar-refractivity contribution in [2.75, 3.05) is 27.2 Å². The number of rotatable bonds is 5. The van der Waals surface area contributed by atoms with E-state index in [-0.39, 0.29) is 0 Å². The Hall–Kier alpha value is -1.13. The molecule has 0 spiro atoms. The second kappa shape index (κ2) is 7.76. The molecular formula is C17H29N3O. The highest BCUT2D eigenvalue weighted by Crippen LogP contribution is 2.34. The zero-order valence-electron chi connectivity index (χ0n) is 13.8. The summed E-state index contributed by atoms with van der Waals surface area (Å²) in [4.78, 5) is 6.89. The van der Waals surface area contributed by atoms with E-state index >= 15 is 0 Å². The van der Waals surface area contributed by atoms with Gasteiger partial charge in [0.2, 0.25) is 5.88 Å². The molecule has 1 aromatic rings. The molecule has 0 aromatic carbocycles. The van der Waals surface area contributed by atoms with Gasteiger partial charge in [-0.2, -0.15) is 0 Å². The van der Waals surface area contributed by atoms with Crippen LogP contribution >= 0.6 is 0 Å². The minimum atomic E-state index is 0.442. The number of methoxy groups -OCH3 is 1. The number of pyridine rings is 1. The van der Waals surface area contributed by atoms with E-state index in [2.05, 4.69) is 42.2 Å². The maximum atomic E-state index is 5.18. The fourth-order valence-corrected chi connectivity index (χ4v) is 3.24. The lowest BCUT2D eigenvalue weighted by Gasteiger charge is -2.33. The normalized spacial score (nSPS) is 24.0. The number of nitrogens with zero attached hydrogens (tertiary/aromatic N) is 2. The van der Waals surface area contributed by atoms with Crippen molar-refractivity contribution < 1.29 is 4.74 Å². The first kappa shape index (κ1) is 16.2. The van der Waals surface area contributed by atoms with E-state index in [1.54, 1.807) is 7.11 Å². The lowest BCUT2D eigenvalue weighted by Crippen LogP contribution is -2.37. The summed E-state index contributed by atoms with van der Waals surface area (Å²) in [5, 5.41) is 3.61. The zero-order valence-corrected chi connectivity index (χ0v) is 13.8. The summed E-state index contributed by atoms with van der Waals surface area (Å²) in [5.41, 5.74) is 1.30. The average Bonchev–Trinajstić information content (AvgIpc) is 2.67. The summed E-state index contributed by atoms with van der Waals surface area (Å²) in [6.45, 7) is 6.66. The van der Waals surface area contributed by atoms with Crippen molar-refractivity contribution in [3.8, 4) is 5.88 Å². The van der Waals surface area contributed by atoms with Crippen LogP contribution in [-0.4, -0.2) is 43.2 Å². The first-order valence-electron chi connectivity index (χ1n) is 8.05. The average molecular weight is 291 g/mol. The Kier molecular flexibility index (Phi) is 6.00. The molecule has 2 unspecified atom stereocenters. The highest BCUT2D eigenvalue weighted by Gasteiger charge is 2.29. The lowest BCUT2D eigenvalue weighted by molar-refractivity contribution is 0.186. The largest absolute Gasteiger partial charge is 0.481 e. The molecule has 1 aliphatic heterocycles. The van der Waals surface area contributed by atoms with E-state index in [9.17, 15) is 0 Å². The van der Waals surface area contributed by atoms with Gasteiger partial charge in [0.25, 0.3) is 0 Å². The molecule has 1 aromatic heterocycles. The predicted octanol–water partition coefficient (Wildman–Crippen LogP) is 2.86. The quantitative estimate of drug-likeness (QED) is 0.905. The number of aromatic nitrogens is 1. The summed E-state index contributed by atoms with van der Waals surface area (Å²) < 4.78 is 5.18. The molecule has 4 heteroatoms. The van der Waals surface area contributed by atoms with Gasteiger partial charge in [-0.05, 0) is 37.9 Å². The van der Waals surface area contributed by atoms with Gasteiger partial charge in [-0.15, -0.1) is 0 Å². The van der Waals surface area contributed by atoms with Crippen LogP contribution < -0.4 is 10.1 Å². The summed E-state index contributed by atoms with van der Waals surface area (Å²) in [6, 6.07) is 5.12. The Labute approximate surface area is 128 Å². The number of likely N-dealkylation sites (tertiary alicyclic amines) is 1. The van der Waals surface area contributed by atoms with Crippen molar-refractivity contribution in [3.05, 3.63) is 23.9 Å². The number of ether oxygens (including phenoxy) is 1. The molecule has 0 aliphatic carbocycles. The standard InChI is InChI=1S/C17H29N3O/c1-13(2)18-11-14-7-5-6-10-20(3)17(14)15-8-9-16(21-4)19-12-15/h8-9,12-14,17-18H,5-7,10-11H2,1-4H3. The SMILES string of the molecule is COc1ccc(C2C(CNC(C)C)CCCCN2C)cn1. The van der Waals surface area contributed by atoms with Crippen LogP contribution in [0.1, 0.15) is 44.7 Å². The molecule has 0 saturated carbocycles.